The number of aliphatic carboxylic acids is 1. The standard InChI is InChI=1S/C13H18N2O4/c1-8-6-9(2)12(15(18)19)7-11(8)14-10(3)4-5-13(16)17/h6-7,10,14H,4-5H2,1-3H3,(H,16,17). The second-order valence-corrected chi connectivity index (χ2v) is 4.69. The number of nitrogens with one attached hydrogen (secondary N) is 1. The van der Waals surface area contributed by atoms with Gasteiger partial charge in [-0.3, -0.25) is 14.9 Å². The normalized spacial score (nSPS) is 11.9. The summed E-state index contributed by atoms with van der Waals surface area (Å²) < 4.78 is 0. The Bertz CT molecular complexity index is 500. The summed E-state index contributed by atoms with van der Waals surface area (Å²) in [5.74, 6) is -0.847. The molecule has 0 saturated carbocycles. The van der Waals surface area contributed by atoms with Crippen molar-refractivity contribution in [2.45, 2.75) is 39.7 Å². The predicted molar refractivity (Wildman–Crippen MR) is 72.5 cm³/mol. The Morgan fingerprint density at radius 1 is 1.42 bits per heavy atom. The minimum absolute atomic E-state index is 0.0582. The van der Waals surface area contributed by atoms with E-state index >= 15 is 0 Å². The van der Waals surface area contributed by atoms with Gasteiger partial charge in [0.25, 0.3) is 5.69 Å². The van der Waals surface area contributed by atoms with Crippen LogP contribution in [-0.2, 0) is 4.79 Å². The van der Waals surface area contributed by atoms with Gasteiger partial charge in [-0.2, -0.15) is 0 Å². The Morgan fingerprint density at radius 2 is 2.05 bits per heavy atom. The van der Waals surface area contributed by atoms with Gasteiger partial charge in [-0.05, 0) is 38.8 Å². The Kier molecular flexibility index (Phi) is 4.86. The molecule has 0 radical (unpaired) electrons. The zero-order valence-electron chi connectivity index (χ0n) is 11.3. The molecule has 6 nitrogen and oxygen atoms in total. The molecular formula is C13H18N2O4. The number of anilines is 1. The van der Waals surface area contributed by atoms with Gasteiger partial charge in [-0.1, -0.05) is 0 Å². The highest BCUT2D eigenvalue weighted by Crippen LogP contribution is 2.27. The van der Waals surface area contributed by atoms with Crippen molar-refractivity contribution in [2.75, 3.05) is 5.32 Å². The van der Waals surface area contributed by atoms with Gasteiger partial charge in [0.15, 0.2) is 0 Å². The maximum Gasteiger partial charge on any atom is 0.303 e. The predicted octanol–water partition coefficient (Wildman–Crippen LogP) is 2.88. The molecule has 1 aromatic rings. The van der Waals surface area contributed by atoms with Crippen LogP contribution in [0.25, 0.3) is 0 Å². The highest BCUT2D eigenvalue weighted by Gasteiger charge is 2.15. The largest absolute Gasteiger partial charge is 0.481 e. The lowest BCUT2D eigenvalue weighted by molar-refractivity contribution is -0.385. The SMILES string of the molecule is Cc1cc(C)c([N+](=O)[O-])cc1NC(C)CCC(=O)O. The molecule has 0 aliphatic heterocycles. The van der Waals surface area contributed by atoms with E-state index in [2.05, 4.69) is 5.32 Å². The minimum atomic E-state index is -0.847. The molecule has 1 atom stereocenters. The minimum Gasteiger partial charge on any atom is -0.481 e. The smallest absolute Gasteiger partial charge is 0.303 e. The van der Waals surface area contributed by atoms with E-state index in [1.54, 1.807) is 13.0 Å². The third-order valence-corrected chi connectivity index (χ3v) is 2.93. The summed E-state index contributed by atoms with van der Waals surface area (Å²) in [6, 6.07) is 3.20. The van der Waals surface area contributed by atoms with Crippen molar-refractivity contribution in [1.29, 1.82) is 0 Å². The van der Waals surface area contributed by atoms with Crippen LogP contribution in [-0.4, -0.2) is 22.0 Å². The fourth-order valence-electron chi connectivity index (χ4n) is 1.87. The molecule has 0 amide bonds. The Balaban J connectivity index is 2.85. The molecule has 0 bridgehead atoms. The van der Waals surface area contributed by atoms with E-state index in [-0.39, 0.29) is 18.2 Å². The van der Waals surface area contributed by atoms with E-state index < -0.39 is 10.9 Å². The molecule has 0 aliphatic carbocycles. The van der Waals surface area contributed by atoms with Gasteiger partial charge in [0, 0.05) is 29.8 Å². The fourth-order valence-corrected chi connectivity index (χ4v) is 1.87. The molecule has 104 valence electrons. The number of hydrogen-bond acceptors (Lipinski definition) is 4. The molecule has 0 spiro atoms. The van der Waals surface area contributed by atoms with Crippen LogP contribution in [0.3, 0.4) is 0 Å². The summed E-state index contributed by atoms with van der Waals surface area (Å²) >= 11 is 0. The number of carboxylic acids is 1. The van der Waals surface area contributed by atoms with E-state index in [9.17, 15) is 14.9 Å². The molecule has 0 aromatic heterocycles. The summed E-state index contributed by atoms with van der Waals surface area (Å²) in [5.41, 5.74) is 2.27. The number of aryl methyl sites for hydroxylation is 2. The maximum atomic E-state index is 10.9. The summed E-state index contributed by atoms with van der Waals surface area (Å²) in [6.07, 6.45) is 0.539. The van der Waals surface area contributed by atoms with Gasteiger partial charge in [0.1, 0.15) is 0 Å². The van der Waals surface area contributed by atoms with Crippen LogP contribution in [0, 0.1) is 24.0 Å². The summed E-state index contributed by atoms with van der Waals surface area (Å²) in [7, 11) is 0. The number of nitrogens with zero attached hydrogens (tertiary/aromatic N) is 1. The van der Waals surface area contributed by atoms with Gasteiger partial charge < -0.3 is 10.4 Å². The summed E-state index contributed by atoms with van der Waals surface area (Å²) in [6.45, 7) is 5.42. The molecule has 0 aliphatic rings. The molecular weight excluding hydrogens is 248 g/mol. The third-order valence-electron chi connectivity index (χ3n) is 2.93. The van der Waals surface area contributed by atoms with Crippen molar-refractivity contribution in [3.05, 3.63) is 33.4 Å². The molecule has 0 heterocycles. The van der Waals surface area contributed by atoms with E-state index in [1.165, 1.54) is 6.07 Å². The quantitative estimate of drug-likeness (QED) is 0.610. The second kappa shape index (κ2) is 6.17. The number of hydrogen-bond donors (Lipinski definition) is 2. The Labute approximate surface area is 111 Å². The van der Waals surface area contributed by atoms with Gasteiger partial charge >= 0.3 is 5.97 Å². The van der Waals surface area contributed by atoms with Crippen LogP contribution in [0.1, 0.15) is 30.9 Å². The first-order valence-corrected chi connectivity index (χ1v) is 6.05. The van der Waals surface area contributed by atoms with Gasteiger partial charge in [0.05, 0.1) is 4.92 Å². The molecule has 1 unspecified atom stereocenters. The van der Waals surface area contributed by atoms with E-state index in [1.807, 2.05) is 13.8 Å². The molecule has 0 saturated heterocycles. The number of carbonyl (C=O) groups is 1. The van der Waals surface area contributed by atoms with Crippen molar-refractivity contribution in [2.24, 2.45) is 0 Å². The first-order valence-electron chi connectivity index (χ1n) is 6.05. The van der Waals surface area contributed by atoms with E-state index in [0.717, 1.165) is 5.56 Å². The number of rotatable bonds is 6. The number of nitro benzene ring substituents is 1. The zero-order valence-corrected chi connectivity index (χ0v) is 11.3. The van der Waals surface area contributed by atoms with Gasteiger partial charge in [0.2, 0.25) is 0 Å². The molecule has 0 fully saturated rings. The molecule has 6 heteroatoms. The van der Waals surface area contributed by atoms with Crippen molar-refractivity contribution in [3.8, 4) is 0 Å². The number of carboxylic acid groups (broad SMARTS) is 1. The van der Waals surface area contributed by atoms with E-state index in [4.69, 9.17) is 5.11 Å². The molecule has 2 N–H and O–H groups in total. The Hall–Kier alpha value is -2.11. The lowest BCUT2D eigenvalue weighted by atomic mass is 10.1. The van der Waals surface area contributed by atoms with Crippen molar-refractivity contribution >= 4 is 17.3 Å². The average Bonchev–Trinajstić information content (AvgIpc) is 2.29. The average molecular weight is 266 g/mol. The van der Waals surface area contributed by atoms with Gasteiger partial charge in [-0.15, -0.1) is 0 Å². The third kappa shape index (κ3) is 4.24. The summed E-state index contributed by atoms with van der Waals surface area (Å²) in [5, 5.41) is 22.6. The zero-order chi connectivity index (χ0) is 14.6. The number of benzene rings is 1. The highest BCUT2D eigenvalue weighted by atomic mass is 16.6. The lowest BCUT2D eigenvalue weighted by Gasteiger charge is -2.16. The fraction of sp³-hybridized carbons (Fsp3) is 0.462. The second-order valence-electron chi connectivity index (χ2n) is 4.69. The highest BCUT2D eigenvalue weighted by molar-refractivity contribution is 5.67. The number of nitro groups is 1. The Morgan fingerprint density at radius 3 is 2.58 bits per heavy atom. The van der Waals surface area contributed by atoms with Gasteiger partial charge in [-0.25, -0.2) is 0 Å². The topological polar surface area (TPSA) is 92.5 Å². The van der Waals surface area contributed by atoms with Crippen molar-refractivity contribution in [3.63, 3.8) is 0 Å². The maximum absolute atomic E-state index is 10.9. The first-order chi connectivity index (χ1) is 8.81. The molecule has 1 aromatic carbocycles. The van der Waals surface area contributed by atoms with Crippen LogP contribution in [0.2, 0.25) is 0 Å². The lowest BCUT2D eigenvalue weighted by Crippen LogP contribution is -2.17. The van der Waals surface area contributed by atoms with Crippen LogP contribution >= 0.6 is 0 Å². The molecule has 1 rings (SSSR count). The molecule has 19 heavy (non-hydrogen) atoms. The monoisotopic (exact) mass is 266 g/mol. The van der Waals surface area contributed by atoms with Crippen molar-refractivity contribution < 1.29 is 14.8 Å². The van der Waals surface area contributed by atoms with Crippen molar-refractivity contribution in [1.82, 2.24) is 0 Å². The van der Waals surface area contributed by atoms with Crippen LogP contribution in [0.15, 0.2) is 12.1 Å². The first kappa shape index (κ1) is 14.9. The summed E-state index contributed by atoms with van der Waals surface area (Å²) in [4.78, 5) is 21.0. The van der Waals surface area contributed by atoms with Crippen LogP contribution in [0.5, 0.6) is 0 Å². The van der Waals surface area contributed by atoms with Crippen LogP contribution in [0.4, 0.5) is 11.4 Å². The van der Waals surface area contributed by atoms with Crippen LogP contribution < -0.4 is 5.32 Å². The van der Waals surface area contributed by atoms with E-state index in [0.29, 0.717) is 17.7 Å².